The molecule has 386 valence electrons. The summed E-state index contributed by atoms with van der Waals surface area (Å²) < 4.78 is 45.9. The van der Waals surface area contributed by atoms with E-state index in [1.807, 2.05) is 0 Å². The summed E-state index contributed by atoms with van der Waals surface area (Å²) in [5, 5.41) is 13.3. The van der Waals surface area contributed by atoms with Crippen molar-refractivity contribution in [1.29, 1.82) is 0 Å². The van der Waals surface area contributed by atoms with Gasteiger partial charge in [0, 0.05) is 27.0 Å². The van der Waals surface area contributed by atoms with Gasteiger partial charge in [-0.25, -0.2) is 0 Å². The molecule has 0 fully saturated rings. The van der Waals surface area contributed by atoms with Gasteiger partial charge in [-0.3, -0.25) is 4.98 Å². The van der Waals surface area contributed by atoms with Crippen molar-refractivity contribution in [1.82, 2.24) is 4.98 Å². The number of para-hydroxylation sites is 3. The zero-order chi connectivity index (χ0) is 52.5. The molecule has 10 aromatic rings. The largest absolute Gasteiger partial charge is 1.00 e. The van der Waals surface area contributed by atoms with Crippen LogP contribution in [0, 0.1) is 6.92 Å². The van der Waals surface area contributed by atoms with Crippen molar-refractivity contribution in [2.45, 2.75) is 6.92 Å². The fraction of sp³-hybridized carbons (Fsp3) is 0.0500. The van der Waals surface area contributed by atoms with Crippen LogP contribution in [0.2, 0.25) is 0 Å². The van der Waals surface area contributed by atoms with Crippen molar-refractivity contribution in [3.63, 3.8) is 0 Å². The Hall–Kier alpha value is -5.06. The molecule has 0 aliphatic rings. The molecule has 0 aliphatic heterocycles. The summed E-state index contributed by atoms with van der Waals surface area (Å²) in [4.78, 5) is 4.86. The van der Waals surface area contributed by atoms with E-state index in [-0.39, 0.29) is 27.7 Å². The number of hydrogen-bond donors (Lipinski definition) is 0. The van der Waals surface area contributed by atoms with Gasteiger partial charge in [0.15, 0.2) is 0 Å². The van der Waals surface area contributed by atoms with Gasteiger partial charge in [-0.15, -0.1) is 46.4 Å². The summed E-state index contributed by atoms with van der Waals surface area (Å²) in [7, 11) is -8.21. The molecule has 0 aliphatic carbocycles. The van der Waals surface area contributed by atoms with Gasteiger partial charge in [-0.05, 0) is 80.7 Å². The van der Waals surface area contributed by atoms with Crippen LogP contribution in [0.15, 0.2) is 261 Å². The number of aromatic nitrogens is 1. The zero-order valence-corrected chi connectivity index (χ0v) is 47.0. The van der Waals surface area contributed by atoms with Gasteiger partial charge in [-0.1, -0.05) is 243 Å². The van der Waals surface area contributed by atoms with E-state index in [2.05, 4.69) is 268 Å². The zero-order valence-electron chi connectivity index (χ0n) is 40.3. The minimum atomic E-state index is -6.00. The van der Waals surface area contributed by atoms with E-state index in [4.69, 9.17) is 56.1 Å². The molecule has 0 saturated heterocycles. The van der Waals surface area contributed by atoms with E-state index in [1.54, 1.807) is 0 Å². The van der Waals surface area contributed by atoms with E-state index in [0.717, 1.165) is 22.7 Å². The van der Waals surface area contributed by atoms with Crippen LogP contribution in [-0.4, -0.2) is 22.9 Å². The summed E-state index contributed by atoms with van der Waals surface area (Å²) in [6.45, 7) is 2.06. The SMILES string of the molecule is Cc1ccc2cccc(P(c3ccccc3)c3ccccc3)c2n1.ClCCl.ClCCl.F[B-](F)(F)F.[Cu+].c1ccc(P(c2ccccc2)c2ccccc2Oc2ccccc2P(c2ccccc2)c2ccccc2)cc1. The Morgan fingerprint density at radius 1 is 0.360 bits per heavy atom. The second-order valence-corrected chi connectivity index (χ2v) is 23.7. The molecule has 0 bridgehead atoms. The standard InChI is InChI=1S/C36H28OP2.C22H18NP.2CH2Cl2.BF4.Cu/c1-5-17-29(18-6-1)38(30-19-7-2-8-20-30)35-27-15-13-25-33(35)37-34-26-14-16-28-36(34)39(31-21-9-3-10-22-31)32-23-11-4-12-24-32;1-17-15-16-18-9-8-14-21(22(18)23-17)24(19-10-4-2-5-11-19)20-12-6-3-7-13-20;2*2-1-3;2-1(3,4)5;/h1-28H;2-16H,1H3;2*1H2;;/q;;;;-1;+1. The number of pyridine rings is 1. The van der Waals surface area contributed by atoms with Crippen LogP contribution >= 0.6 is 70.2 Å². The molecule has 0 atom stereocenters. The number of ether oxygens (including phenoxy) is 1. The Kier molecular flexibility index (Phi) is 26.4. The number of rotatable bonds is 11. The van der Waals surface area contributed by atoms with Crippen molar-refractivity contribution in [2.24, 2.45) is 0 Å². The molecule has 9 aromatic carbocycles. The molecular formula is C60H50BCl4CuF4NOP3. The molecule has 1 heterocycles. The number of alkyl halides is 4. The second kappa shape index (κ2) is 32.5. The van der Waals surface area contributed by atoms with E-state index in [1.165, 1.54) is 53.1 Å². The second-order valence-electron chi connectivity index (χ2n) is 15.6. The molecule has 75 heavy (non-hydrogen) atoms. The van der Waals surface area contributed by atoms with Gasteiger partial charge in [0.2, 0.25) is 0 Å². The average Bonchev–Trinajstić information content (AvgIpc) is 3.42. The van der Waals surface area contributed by atoms with Crippen LogP contribution in [0.5, 0.6) is 11.5 Å². The number of halogens is 8. The quantitative estimate of drug-likeness (QED) is 0.0557. The third-order valence-corrected chi connectivity index (χ3v) is 18.0. The summed E-state index contributed by atoms with van der Waals surface area (Å²) in [6, 6.07) is 92.6. The number of benzene rings is 9. The molecule has 0 saturated carbocycles. The van der Waals surface area contributed by atoms with Crippen molar-refractivity contribution in [3.8, 4) is 11.5 Å². The van der Waals surface area contributed by atoms with E-state index >= 15 is 0 Å². The van der Waals surface area contributed by atoms with Gasteiger partial charge < -0.3 is 22.0 Å². The Bertz CT molecular complexity index is 2940. The Balaban J connectivity index is 0.000000245. The minimum absolute atomic E-state index is 0. The Morgan fingerprint density at radius 3 is 0.920 bits per heavy atom. The smallest absolute Gasteiger partial charge is 0.456 e. The molecule has 1 aromatic heterocycles. The maximum Gasteiger partial charge on any atom is 1.00 e. The van der Waals surface area contributed by atoms with Crippen molar-refractivity contribution in [2.75, 3.05) is 10.7 Å². The minimum Gasteiger partial charge on any atom is -0.456 e. The molecule has 0 N–H and O–H groups in total. The van der Waals surface area contributed by atoms with Gasteiger partial charge in [0.25, 0.3) is 0 Å². The van der Waals surface area contributed by atoms with Crippen LogP contribution in [0.3, 0.4) is 0 Å². The van der Waals surface area contributed by atoms with Crippen LogP contribution in [0.4, 0.5) is 17.3 Å². The van der Waals surface area contributed by atoms with Gasteiger partial charge in [0.1, 0.15) is 11.5 Å². The maximum atomic E-state index is 9.75. The van der Waals surface area contributed by atoms with Crippen LogP contribution in [-0.2, 0) is 17.1 Å². The van der Waals surface area contributed by atoms with Crippen molar-refractivity contribution >= 4 is 136 Å². The van der Waals surface area contributed by atoms with Crippen molar-refractivity contribution < 1.29 is 39.1 Å². The third-order valence-electron chi connectivity index (χ3n) is 10.6. The van der Waals surface area contributed by atoms with Gasteiger partial charge >= 0.3 is 24.3 Å². The summed E-state index contributed by atoms with van der Waals surface area (Å²) >= 11 is 19.1. The predicted molar refractivity (Wildman–Crippen MR) is 319 cm³/mol. The first kappa shape index (κ1) is 60.8. The first-order chi connectivity index (χ1) is 36.0. The average molecular weight is 1190 g/mol. The van der Waals surface area contributed by atoms with Gasteiger partial charge in [0.05, 0.1) is 16.2 Å². The molecular weight excluding hydrogens is 1140 g/mol. The summed E-state index contributed by atoms with van der Waals surface area (Å²) in [5.74, 6) is 1.81. The molecule has 0 spiro atoms. The van der Waals surface area contributed by atoms with Crippen molar-refractivity contribution in [3.05, 3.63) is 267 Å². The normalized spacial score (nSPS) is 10.6. The first-order valence-electron chi connectivity index (χ1n) is 23.1. The fourth-order valence-corrected chi connectivity index (χ4v) is 14.9. The Morgan fingerprint density at radius 2 is 0.613 bits per heavy atom. The number of aryl methyl sites for hydroxylation is 1. The number of fused-ring (bicyclic) bond motifs is 1. The molecule has 2 nitrogen and oxygen atoms in total. The monoisotopic (exact) mass is 1180 g/mol. The Labute approximate surface area is 472 Å². The number of nitrogens with zero attached hydrogens (tertiary/aromatic N) is 1. The summed E-state index contributed by atoms with van der Waals surface area (Å²) in [6.07, 6.45) is 0. The first-order valence-corrected chi connectivity index (χ1v) is 29.2. The predicted octanol–water partition coefficient (Wildman–Crippen LogP) is 15.4. The van der Waals surface area contributed by atoms with E-state index in [0.29, 0.717) is 0 Å². The van der Waals surface area contributed by atoms with Crippen LogP contribution in [0.1, 0.15) is 5.69 Å². The van der Waals surface area contributed by atoms with Crippen LogP contribution in [0.25, 0.3) is 10.9 Å². The third kappa shape index (κ3) is 18.9. The van der Waals surface area contributed by atoms with Crippen LogP contribution < -0.4 is 52.5 Å². The molecule has 0 radical (unpaired) electrons. The van der Waals surface area contributed by atoms with Gasteiger partial charge in [-0.2, -0.15) is 0 Å². The molecule has 0 amide bonds. The molecule has 15 heteroatoms. The molecule has 0 unspecified atom stereocenters. The topological polar surface area (TPSA) is 22.1 Å². The fourth-order valence-electron chi connectivity index (χ4n) is 7.73. The number of hydrogen-bond acceptors (Lipinski definition) is 2. The molecule has 10 rings (SSSR count). The van der Waals surface area contributed by atoms with E-state index in [9.17, 15) is 17.3 Å². The van der Waals surface area contributed by atoms with E-state index < -0.39 is 31.0 Å². The summed E-state index contributed by atoms with van der Waals surface area (Å²) in [5.41, 5.74) is 2.18. The maximum absolute atomic E-state index is 9.75.